The first-order valence-electron chi connectivity index (χ1n) is 1.63. The minimum atomic E-state index is -1.03. The van der Waals surface area contributed by atoms with E-state index < -0.39 is 17.3 Å². The highest BCUT2D eigenvalue weighted by Crippen LogP contribution is 1.88. The maximum atomic E-state index is 9.78. The zero-order valence-corrected chi connectivity index (χ0v) is 5.20. The highest BCUT2D eigenvalue weighted by Gasteiger charge is 1.98. The van der Waals surface area contributed by atoms with Crippen molar-refractivity contribution in [3.63, 3.8) is 0 Å². The molecule has 0 spiro atoms. The molecule has 3 nitrogen and oxygen atoms in total. The summed E-state index contributed by atoms with van der Waals surface area (Å²) in [6.07, 6.45) is 0. The van der Waals surface area contributed by atoms with E-state index in [1.54, 1.807) is 0 Å². The Bertz CT molecular complexity index is 97.1. The predicted octanol–water partition coefficient (Wildman–Crippen LogP) is 1.13. The van der Waals surface area contributed by atoms with Crippen molar-refractivity contribution in [3.8, 4) is 0 Å². The highest BCUT2D eigenvalue weighted by atomic mass is 35.5. The molecule has 0 aliphatic carbocycles. The van der Waals surface area contributed by atoms with Gasteiger partial charge < -0.3 is 4.74 Å². The van der Waals surface area contributed by atoms with Gasteiger partial charge in [0.1, 0.15) is 0 Å². The maximum Gasteiger partial charge on any atom is 0.404 e. The first kappa shape index (κ1) is 7.72. The molecular formula is C3H2Cl2O3. The quantitative estimate of drug-likeness (QED) is 0.564. The number of hydrogen-bond acceptors (Lipinski definition) is 3. The van der Waals surface area contributed by atoms with Crippen LogP contribution in [0.5, 0.6) is 0 Å². The second-order valence-electron chi connectivity index (χ2n) is 0.881. The first-order chi connectivity index (χ1) is 3.63. The molecule has 0 aliphatic heterocycles. The van der Waals surface area contributed by atoms with E-state index in [-0.39, 0.29) is 0 Å². The highest BCUT2D eigenvalue weighted by molar-refractivity contribution is 6.64. The topological polar surface area (TPSA) is 43.4 Å². The molecule has 0 atom stereocenters. The number of ether oxygens (including phenoxy) is 1. The molecule has 0 heterocycles. The maximum absolute atomic E-state index is 9.78. The third-order valence-corrected chi connectivity index (χ3v) is 0.517. The van der Waals surface area contributed by atoms with Crippen molar-refractivity contribution in [1.29, 1.82) is 0 Å². The summed E-state index contributed by atoms with van der Waals surface area (Å²) in [7, 11) is 0. The van der Waals surface area contributed by atoms with Gasteiger partial charge in [-0.15, -0.1) is 0 Å². The molecule has 8 heavy (non-hydrogen) atoms. The largest absolute Gasteiger partial charge is 0.444 e. The van der Waals surface area contributed by atoms with E-state index in [9.17, 15) is 9.59 Å². The van der Waals surface area contributed by atoms with Crippen LogP contribution in [0.3, 0.4) is 0 Å². The molecule has 5 heteroatoms. The molecule has 0 saturated carbocycles. The van der Waals surface area contributed by atoms with Crippen LogP contribution in [0, 0.1) is 0 Å². The Morgan fingerprint density at radius 2 is 1.88 bits per heavy atom. The van der Waals surface area contributed by atoms with Crippen molar-refractivity contribution in [2.75, 3.05) is 6.61 Å². The average Bonchev–Trinajstić information content (AvgIpc) is 1.61. The molecular weight excluding hydrogens is 155 g/mol. The lowest BCUT2D eigenvalue weighted by atomic mass is 10.8. The molecule has 0 unspecified atom stereocenters. The summed E-state index contributed by atoms with van der Waals surface area (Å²) in [5.41, 5.74) is -1.03. The van der Waals surface area contributed by atoms with Crippen LogP contribution in [-0.2, 0) is 9.53 Å². The summed E-state index contributed by atoms with van der Waals surface area (Å²) in [6, 6.07) is 0. The predicted molar refractivity (Wildman–Crippen MR) is 28.1 cm³/mol. The van der Waals surface area contributed by atoms with Gasteiger partial charge in [-0.1, -0.05) is 0 Å². The molecule has 0 aromatic rings. The number of carbonyl (C=O) groups excluding carboxylic acids is 2. The lowest BCUT2D eigenvalue weighted by Gasteiger charge is -1.89. The Morgan fingerprint density at radius 1 is 1.38 bits per heavy atom. The van der Waals surface area contributed by atoms with Crippen LogP contribution >= 0.6 is 23.2 Å². The van der Waals surface area contributed by atoms with E-state index in [1.165, 1.54) is 0 Å². The monoisotopic (exact) mass is 156 g/mol. The molecule has 46 valence electrons. The fraction of sp³-hybridized carbons (Fsp3) is 0.333. The zero-order valence-electron chi connectivity index (χ0n) is 3.69. The summed E-state index contributed by atoms with van der Waals surface area (Å²) in [5, 5.41) is -0.751. The van der Waals surface area contributed by atoms with Crippen LogP contribution < -0.4 is 0 Å². The van der Waals surface area contributed by atoms with Crippen molar-refractivity contribution in [3.05, 3.63) is 0 Å². The van der Waals surface area contributed by atoms with E-state index >= 15 is 0 Å². The van der Waals surface area contributed by atoms with E-state index in [1.807, 2.05) is 0 Å². The van der Waals surface area contributed by atoms with E-state index in [2.05, 4.69) is 16.3 Å². The summed E-state index contributed by atoms with van der Waals surface area (Å²) in [6.45, 7) is -0.468. The van der Waals surface area contributed by atoms with Gasteiger partial charge in [0.25, 0.3) is 5.24 Å². The van der Waals surface area contributed by atoms with Crippen LogP contribution in [0.25, 0.3) is 0 Å². The van der Waals surface area contributed by atoms with Crippen LogP contribution in [0.2, 0.25) is 0 Å². The minimum absolute atomic E-state index is 0.468. The second kappa shape index (κ2) is 3.69. The Labute approximate surface area is 55.5 Å². The lowest BCUT2D eigenvalue weighted by Crippen LogP contribution is -2.02. The average molecular weight is 157 g/mol. The van der Waals surface area contributed by atoms with Gasteiger partial charge in [-0.3, -0.25) is 4.79 Å². The van der Waals surface area contributed by atoms with E-state index in [4.69, 9.17) is 11.6 Å². The minimum Gasteiger partial charge on any atom is -0.444 e. The Morgan fingerprint density at radius 3 is 2.00 bits per heavy atom. The van der Waals surface area contributed by atoms with Gasteiger partial charge in [-0.05, 0) is 11.6 Å². The van der Waals surface area contributed by atoms with Gasteiger partial charge in [0.15, 0.2) is 6.61 Å². The fourth-order valence-electron chi connectivity index (χ4n) is 0.113. The normalized spacial score (nSPS) is 8.25. The number of rotatable bonds is 2. The first-order valence-corrected chi connectivity index (χ1v) is 2.39. The molecule has 0 rings (SSSR count). The molecule has 0 aliphatic rings. The van der Waals surface area contributed by atoms with Crippen molar-refractivity contribution in [1.82, 2.24) is 0 Å². The van der Waals surface area contributed by atoms with Gasteiger partial charge in [-0.25, -0.2) is 4.79 Å². The molecule has 0 aromatic heterocycles. The molecule has 0 saturated heterocycles. The smallest absolute Gasteiger partial charge is 0.404 e. The van der Waals surface area contributed by atoms with Crippen molar-refractivity contribution in [2.45, 2.75) is 0 Å². The Kier molecular flexibility index (Phi) is 3.56. The standard InChI is InChI=1S/C3H2Cl2O3/c4-2(6)1-8-3(5)7/h1H2. The fourth-order valence-corrected chi connectivity index (χ4v) is 0.223. The van der Waals surface area contributed by atoms with Gasteiger partial charge in [0.05, 0.1) is 0 Å². The molecule has 0 fully saturated rings. The zero-order chi connectivity index (χ0) is 6.57. The van der Waals surface area contributed by atoms with Gasteiger partial charge in [-0.2, -0.15) is 0 Å². The molecule has 0 radical (unpaired) electrons. The molecule has 0 bridgehead atoms. The van der Waals surface area contributed by atoms with Crippen LogP contribution in [0.15, 0.2) is 0 Å². The van der Waals surface area contributed by atoms with Gasteiger partial charge in [0.2, 0.25) is 0 Å². The summed E-state index contributed by atoms with van der Waals surface area (Å²) in [4.78, 5) is 19.5. The Balaban J connectivity index is 3.18. The van der Waals surface area contributed by atoms with E-state index in [0.717, 1.165) is 0 Å². The van der Waals surface area contributed by atoms with Crippen molar-refractivity contribution >= 4 is 33.9 Å². The summed E-state index contributed by atoms with van der Waals surface area (Å²) in [5.74, 6) is 0. The molecule has 0 amide bonds. The summed E-state index contributed by atoms with van der Waals surface area (Å²) < 4.78 is 3.95. The molecule has 0 N–H and O–H groups in total. The second-order valence-corrected chi connectivity index (χ2v) is 1.61. The van der Waals surface area contributed by atoms with Crippen molar-refractivity contribution < 1.29 is 14.3 Å². The number of carbonyl (C=O) groups is 2. The summed E-state index contributed by atoms with van der Waals surface area (Å²) >= 11 is 9.40. The number of halogens is 2. The third-order valence-electron chi connectivity index (χ3n) is 0.299. The SMILES string of the molecule is O=C(Cl)COC(=O)Cl. The lowest BCUT2D eigenvalue weighted by molar-refractivity contribution is -0.114. The van der Waals surface area contributed by atoms with Crippen LogP contribution in [-0.4, -0.2) is 17.3 Å². The molecule has 0 aromatic carbocycles. The van der Waals surface area contributed by atoms with Crippen LogP contribution in [0.4, 0.5) is 4.79 Å². The van der Waals surface area contributed by atoms with E-state index in [0.29, 0.717) is 0 Å². The van der Waals surface area contributed by atoms with Crippen LogP contribution in [0.1, 0.15) is 0 Å². The number of hydrogen-bond donors (Lipinski definition) is 0. The van der Waals surface area contributed by atoms with Gasteiger partial charge >= 0.3 is 5.43 Å². The third kappa shape index (κ3) is 5.72. The van der Waals surface area contributed by atoms with Gasteiger partial charge in [0, 0.05) is 11.6 Å². The Hall–Kier alpha value is -0.280. The van der Waals surface area contributed by atoms with Crippen molar-refractivity contribution in [2.24, 2.45) is 0 Å².